The lowest BCUT2D eigenvalue weighted by Gasteiger charge is -2.33. The highest BCUT2D eigenvalue weighted by atomic mass is 32.1. The number of para-hydroxylation sites is 1. The second kappa shape index (κ2) is 9.90. The molecule has 7 heteroatoms. The van der Waals surface area contributed by atoms with Crippen molar-refractivity contribution in [1.82, 2.24) is 9.97 Å². The summed E-state index contributed by atoms with van der Waals surface area (Å²) < 4.78 is 5.79. The van der Waals surface area contributed by atoms with E-state index in [4.69, 9.17) is 9.72 Å². The van der Waals surface area contributed by atoms with Gasteiger partial charge in [0, 0.05) is 23.4 Å². The Morgan fingerprint density at radius 2 is 1.83 bits per heavy atom. The van der Waals surface area contributed by atoms with Crippen LogP contribution in [0.3, 0.4) is 0 Å². The summed E-state index contributed by atoms with van der Waals surface area (Å²) in [5.41, 5.74) is 2.03. The van der Waals surface area contributed by atoms with Crippen molar-refractivity contribution in [2.24, 2.45) is 11.3 Å². The molecule has 186 valence electrons. The Balaban J connectivity index is 1.21. The van der Waals surface area contributed by atoms with E-state index in [0.29, 0.717) is 29.6 Å². The zero-order valence-electron chi connectivity index (χ0n) is 20.9. The Kier molecular flexibility index (Phi) is 6.67. The maximum absolute atomic E-state index is 12.9. The Morgan fingerprint density at radius 1 is 1.11 bits per heavy atom. The molecule has 6 nitrogen and oxygen atoms in total. The number of thiophene rings is 1. The number of anilines is 1. The van der Waals surface area contributed by atoms with Gasteiger partial charge in [-0.05, 0) is 72.6 Å². The molecule has 36 heavy (non-hydrogen) atoms. The molecule has 2 N–H and O–H groups in total. The predicted molar refractivity (Wildman–Crippen MR) is 145 cm³/mol. The van der Waals surface area contributed by atoms with E-state index in [2.05, 4.69) is 31.1 Å². The number of carbonyl (C=O) groups excluding carboxylic acids is 1. The number of aromatic amines is 1. The molecule has 1 atom stereocenters. The average Bonchev–Trinajstić information content (AvgIpc) is 3.22. The molecule has 0 aliphatic heterocycles. The average molecular weight is 502 g/mol. The number of aromatic nitrogens is 2. The Morgan fingerprint density at radius 3 is 2.56 bits per heavy atom. The number of ether oxygens (including phenoxy) is 1. The van der Waals surface area contributed by atoms with Gasteiger partial charge in [-0.1, -0.05) is 39.0 Å². The third kappa shape index (κ3) is 5.36. The first-order valence-corrected chi connectivity index (χ1v) is 13.2. The lowest BCUT2D eigenvalue weighted by Crippen LogP contribution is -2.26. The normalized spacial score (nSPS) is 15.5. The van der Waals surface area contributed by atoms with E-state index in [1.165, 1.54) is 10.4 Å². The number of benzene rings is 2. The molecule has 4 aromatic rings. The van der Waals surface area contributed by atoms with Crippen LogP contribution in [0.1, 0.15) is 49.9 Å². The molecule has 1 unspecified atom stereocenters. The highest BCUT2D eigenvalue weighted by Gasteiger charge is 2.31. The van der Waals surface area contributed by atoms with Crippen LogP contribution in [0.2, 0.25) is 0 Å². The zero-order chi connectivity index (χ0) is 25.3. The third-order valence-corrected chi connectivity index (χ3v) is 8.05. The largest absolute Gasteiger partial charge is 0.457 e. The van der Waals surface area contributed by atoms with Gasteiger partial charge >= 0.3 is 0 Å². The summed E-state index contributed by atoms with van der Waals surface area (Å²) in [4.78, 5) is 35.2. The van der Waals surface area contributed by atoms with Crippen LogP contribution in [-0.4, -0.2) is 15.9 Å². The molecule has 2 aromatic heterocycles. The number of hydrogen-bond donors (Lipinski definition) is 2. The highest BCUT2D eigenvalue weighted by molar-refractivity contribution is 7.18. The summed E-state index contributed by atoms with van der Waals surface area (Å²) in [6, 6.07) is 16.8. The van der Waals surface area contributed by atoms with Gasteiger partial charge in [0.15, 0.2) is 0 Å². The lowest BCUT2D eigenvalue weighted by molar-refractivity contribution is -0.116. The number of rotatable bonds is 6. The summed E-state index contributed by atoms with van der Waals surface area (Å²) in [5.74, 6) is 2.49. The number of aryl methyl sites for hydroxylation is 2. The fourth-order valence-electron chi connectivity index (χ4n) is 4.77. The molecular weight excluding hydrogens is 470 g/mol. The number of fused-ring (bicyclic) bond motifs is 3. The van der Waals surface area contributed by atoms with Gasteiger partial charge in [-0.2, -0.15) is 0 Å². The fraction of sp³-hybridized carbons (Fsp3) is 0.345. The van der Waals surface area contributed by atoms with Crippen LogP contribution in [0.25, 0.3) is 10.2 Å². The maximum Gasteiger partial charge on any atom is 0.259 e. The minimum absolute atomic E-state index is 0.0869. The molecule has 0 radical (unpaired) electrons. The number of hydrogen-bond acceptors (Lipinski definition) is 5. The molecule has 0 bridgehead atoms. The summed E-state index contributed by atoms with van der Waals surface area (Å²) in [7, 11) is 0. The Labute approximate surface area is 214 Å². The topological polar surface area (TPSA) is 84.1 Å². The number of nitrogens with one attached hydrogen (secondary N) is 2. The van der Waals surface area contributed by atoms with Gasteiger partial charge < -0.3 is 15.0 Å². The third-order valence-electron chi connectivity index (χ3n) is 6.90. The van der Waals surface area contributed by atoms with Crippen molar-refractivity contribution < 1.29 is 9.53 Å². The van der Waals surface area contributed by atoms with E-state index in [-0.39, 0.29) is 23.3 Å². The van der Waals surface area contributed by atoms with Crippen molar-refractivity contribution in [3.8, 4) is 11.5 Å². The molecule has 0 spiro atoms. The molecule has 0 saturated heterocycles. The van der Waals surface area contributed by atoms with Gasteiger partial charge in [0.1, 0.15) is 22.2 Å². The maximum atomic E-state index is 12.9. The Bertz CT molecular complexity index is 1430. The van der Waals surface area contributed by atoms with E-state index in [9.17, 15) is 9.59 Å². The van der Waals surface area contributed by atoms with Gasteiger partial charge in [0.05, 0.1) is 5.39 Å². The Hall–Kier alpha value is -3.45. The molecule has 0 fully saturated rings. The summed E-state index contributed by atoms with van der Waals surface area (Å²) >= 11 is 1.64. The van der Waals surface area contributed by atoms with E-state index in [0.717, 1.165) is 35.2 Å². The van der Waals surface area contributed by atoms with Crippen molar-refractivity contribution in [1.29, 1.82) is 0 Å². The lowest BCUT2D eigenvalue weighted by atomic mass is 9.72. The molecule has 2 aromatic carbocycles. The van der Waals surface area contributed by atoms with Crippen LogP contribution in [0.4, 0.5) is 5.69 Å². The van der Waals surface area contributed by atoms with Gasteiger partial charge in [-0.3, -0.25) is 9.59 Å². The monoisotopic (exact) mass is 501 g/mol. The first kappa shape index (κ1) is 24.3. The highest BCUT2D eigenvalue weighted by Crippen LogP contribution is 2.42. The minimum atomic E-state index is -0.132. The van der Waals surface area contributed by atoms with Crippen LogP contribution >= 0.6 is 11.3 Å². The second-order valence-corrected chi connectivity index (χ2v) is 11.6. The predicted octanol–water partition coefficient (Wildman–Crippen LogP) is 6.50. The molecule has 1 aliphatic carbocycles. The van der Waals surface area contributed by atoms with E-state index in [1.54, 1.807) is 11.3 Å². The molecule has 0 saturated carbocycles. The molecule has 2 heterocycles. The van der Waals surface area contributed by atoms with Crippen molar-refractivity contribution in [2.45, 2.75) is 52.9 Å². The first-order valence-electron chi connectivity index (χ1n) is 12.4. The van der Waals surface area contributed by atoms with Gasteiger partial charge in [0.2, 0.25) is 5.91 Å². The summed E-state index contributed by atoms with van der Waals surface area (Å²) in [6.07, 6.45) is 3.64. The first-order chi connectivity index (χ1) is 17.3. The van der Waals surface area contributed by atoms with Crippen LogP contribution in [-0.2, 0) is 24.1 Å². The van der Waals surface area contributed by atoms with Crippen molar-refractivity contribution >= 4 is 33.1 Å². The molecule has 1 amide bonds. The zero-order valence-corrected chi connectivity index (χ0v) is 21.7. The molecule has 5 rings (SSSR count). The van der Waals surface area contributed by atoms with Gasteiger partial charge in [-0.25, -0.2) is 4.98 Å². The van der Waals surface area contributed by atoms with E-state index in [1.807, 2.05) is 54.6 Å². The van der Waals surface area contributed by atoms with Crippen LogP contribution in [0.15, 0.2) is 59.4 Å². The van der Waals surface area contributed by atoms with Crippen molar-refractivity contribution in [2.75, 3.05) is 5.32 Å². The standard InChI is InChI=1S/C29H31N3O3S/c1-29(2,3)18-9-14-22-23(17-18)36-28-26(22)27(34)31-24(32-28)15-16-25(33)30-19-10-12-21(13-11-19)35-20-7-5-4-6-8-20/h4-8,10-13,18H,9,14-17H2,1-3H3,(H,30,33)(H,31,32,34). The SMILES string of the molecule is CC(C)(C)C1CCc2c(sc3nc(CCC(=O)Nc4ccc(Oc5ccccc5)cc4)[nH]c(=O)c23)C1. The number of carbonyl (C=O) groups is 1. The number of nitrogens with zero attached hydrogens (tertiary/aromatic N) is 1. The van der Waals surface area contributed by atoms with E-state index >= 15 is 0 Å². The molecule has 1 aliphatic rings. The molecular formula is C29H31N3O3S. The number of amides is 1. The van der Waals surface area contributed by atoms with Gasteiger partial charge in [0.25, 0.3) is 5.56 Å². The number of H-pyrrole nitrogens is 1. The quantitative estimate of drug-likeness (QED) is 0.316. The summed E-state index contributed by atoms with van der Waals surface area (Å²) in [5, 5.41) is 3.65. The van der Waals surface area contributed by atoms with E-state index < -0.39 is 0 Å². The van der Waals surface area contributed by atoms with Crippen LogP contribution < -0.4 is 15.6 Å². The second-order valence-electron chi connectivity index (χ2n) is 10.5. The smallest absolute Gasteiger partial charge is 0.259 e. The summed E-state index contributed by atoms with van der Waals surface area (Å²) in [6.45, 7) is 6.87. The van der Waals surface area contributed by atoms with Crippen LogP contribution in [0.5, 0.6) is 11.5 Å². The fourth-order valence-corrected chi connectivity index (χ4v) is 6.09. The van der Waals surface area contributed by atoms with Crippen LogP contribution in [0, 0.1) is 11.3 Å². The minimum Gasteiger partial charge on any atom is -0.457 e. The van der Waals surface area contributed by atoms with Crippen molar-refractivity contribution in [3.05, 3.63) is 81.2 Å². The van der Waals surface area contributed by atoms with Gasteiger partial charge in [-0.15, -0.1) is 11.3 Å². The van der Waals surface area contributed by atoms with Crippen molar-refractivity contribution in [3.63, 3.8) is 0 Å².